The summed E-state index contributed by atoms with van der Waals surface area (Å²) < 4.78 is 0. The minimum Gasteiger partial charge on any atom is -0.329 e. The maximum absolute atomic E-state index is 10.8. The number of Topliss-reactive ketones (excluding diaryl/α,β-unsaturated/α-hetero) is 1. The summed E-state index contributed by atoms with van der Waals surface area (Å²) in [5.41, 5.74) is 0.240. The molecule has 0 rings (SSSR count). The molecular weight excluding hydrogens is 144 g/mol. The van der Waals surface area contributed by atoms with Gasteiger partial charge in [0.1, 0.15) is 0 Å². The van der Waals surface area contributed by atoms with E-state index in [0.29, 0.717) is 0 Å². The third-order valence-corrected chi connectivity index (χ3v) is 1.16. The van der Waals surface area contributed by atoms with Crippen LogP contribution in [0.25, 0.3) is 0 Å². The minimum absolute atomic E-state index is 0.180. The summed E-state index contributed by atoms with van der Waals surface area (Å²) in [6, 6.07) is -0.405. The summed E-state index contributed by atoms with van der Waals surface area (Å²) in [4.78, 5) is 26.3. The molecule has 0 fully saturated rings. The van der Waals surface area contributed by atoms with Gasteiger partial charge >= 0.3 is 6.03 Å². The van der Waals surface area contributed by atoms with E-state index in [2.05, 4.69) is 4.99 Å². The summed E-state index contributed by atoms with van der Waals surface area (Å²) in [6.45, 7) is 2.89. The van der Waals surface area contributed by atoms with Crippen molar-refractivity contribution in [2.24, 2.45) is 4.99 Å². The monoisotopic (exact) mass is 156 g/mol. The zero-order valence-corrected chi connectivity index (χ0v) is 7.21. The Morgan fingerprint density at radius 1 is 1.18 bits per heavy atom. The second-order valence-electron chi connectivity index (χ2n) is 2.43. The van der Waals surface area contributed by atoms with E-state index < -0.39 is 6.03 Å². The number of carbonyl (C=O) groups is 2. The fraction of sp³-hybridized carbons (Fsp3) is 0.571. The molecule has 0 saturated heterocycles. The normalized spacial score (nSPS) is 11.1. The Balaban J connectivity index is 4.32. The first kappa shape index (κ1) is 9.81. The average Bonchev–Trinajstić information content (AvgIpc) is 1.87. The smallest absolute Gasteiger partial charge is 0.329 e. The van der Waals surface area contributed by atoms with Crippen molar-refractivity contribution in [3.05, 3.63) is 0 Å². The van der Waals surface area contributed by atoms with E-state index in [9.17, 15) is 9.59 Å². The van der Waals surface area contributed by atoms with E-state index in [-0.39, 0.29) is 11.5 Å². The molecule has 0 spiro atoms. The largest absolute Gasteiger partial charge is 0.343 e. The van der Waals surface area contributed by atoms with Gasteiger partial charge in [-0.2, -0.15) is 4.99 Å². The molecular formula is C7H12N2O2. The first-order valence-corrected chi connectivity index (χ1v) is 3.22. The van der Waals surface area contributed by atoms with Crippen LogP contribution in [0.1, 0.15) is 13.8 Å². The molecule has 0 N–H and O–H groups in total. The van der Waals surface area contributed by atoms with Gasteiger partial charge in [-0.25, -0.2) is 4.79 Å². The minimum atomic E-state index is -0.405. The Morgan fingerprint density at radius 2 is 1.64 bits per heavy atom. The summed E-state index contributed by atoms with van der Waals surface area (Å²) >= 11 is 0. The quantitative estimate of drug-likeness (QED) is 0.525. The first-order chi connectivity index (χ1) is 4.95. The molecule has 62 valence electrons. The zero-order valence-electron chi connectivity index (χ0n) is 7.21. The van der Waals surface area contributed by atoms with Gasteiger partial charge in [-0.1, -0.05) is 0 Å². The van der Waals surface area contributed by atoms with Gasteiger partial charge in [0.15, 0.2) is 5.78 Å². The van der Waals surface area contributed by atoms with Gasteiger partial charge in [0.2, 0.25) is 0 Å². The molecule has 2 amide bonds. The zero-order chi connectivity index (χ0) is 9.02. The summed E-state index contributed by atoms with van der Waals surface area (Å²) in [6.07, 6.45) is 0. The maximum atomic E-state index is 10.8. The lowest BCUT2D eigenvalue weighted by Crippen LogP contribution is -2.20. The van der Waals surface area contributed by atoms with Crippen molar-refractivity contribution in [3.63, 3.8) is 0 Å². The average molecular weight is 156 g/mol. The number of ketones is 1. The lowest BCUT2D eigenvalue weighted by Gasteiger charge is -2.04. The second-order valence-corrected chi connectivity index (χ2v) is 2.43. The first-order valence-electron chi connectivity index (χ1n) is 3.22. The van der Waals surface area contributed by atoms with Crippen LogP contribution in [-0.4, -0.2) is 36.5 Å². The Labute approximate surface area is 65.9 Å². The SMILES string of the molecule is CC(=O)/C(C)=N/C(=O)N(C)C. The Hall–Kier alpha value is -1.19. The van der Waals surface area contributed by atoms with Gasteiger partial charge in [-0.05, 0) is 6.92 Å². The molecule has 0 aromatic heterocycles. The fourth-order valence-electron chi connectivity index (χ4n) is 0.322. The molecule has 0 aromatic carbocycles. The molecule has 4 nitrogen and oxygen atoms in total. The van der Waals surface area contributed by atoms with Crippen LogP contribution in [0.4, 0.5) is 4.79 Å². The standard InChI is InChI=1S/C7H12N2O2/c1-5(6(2)10)8-7(11)9(3)4/h1-4H3/b8-5+. The predicted molar refractivity (Wildman–Crippen MR) is 42.9 cm³/mol. The molecule has 0 aromatic rings. The van der Waals surface area contributed by atoms with Crippen molar-refractivity contribution < 1.29 is 9.59 Å². The Kier molecular flexibility index (Phi) is 3.44. The van der Waals surface area contributed by atoms with Crippen molar-refractivity contribution in [1.82, 2.24) is 4.90 Å². The van der Waals surface area contributed by atoms with Crippen LogP contribution in [0.15, 0.2) is 4.99 Å². The highest BCUT2D eigenvalue weighted by Crippen LogP contribution is 1.87. The molecule has 0 aliphatic rings. The number of urea groups is 1. The number of nitrogens with zero attached hydrogens (tertiary/aromatic N) is 2. The van der Waals surface area contributed by atoms with E-state index in [4.69, 9.17) is 0 Å². The number of carbonyl (C=O) groups excluding carboxylic acids is 2. The Morgan fingerprint density at radius 3 is 1.91 bits per heavy atom. The highest BCUT2D eigenvalue weighted by Gasteiger charge is 2.03. The van der Waals surface area contributed by atoms with Crippen LogP contribution in [0.2, 0.25) is 0 Å². The maximum Gasteiger partial charge on any atom is 0.343 e. The van der Waals surface area contributed by atoms with Gasteiger partial charge in [-0.3, -0.25) is 4.79 Å². The van der Waals surface area contributed by atoms with Crippen LogP contribution in [-0.2, 0) is 4.79 Å². The Bertz CT molecular complexity index is 206. The van der Waals surface area contributed by atoms with Gasteiger partial charge in [0.05, 0.1) is 5.71 Å². The second kappa shape index (κ2) is 3.85. The lowest BCUT2D eigenvalue weighted by atomic mass is 10.3. The van der Waals surface area contributed by atoms with Crippen LogP contribution in [0.5, 0.6) is 0 Å². The third kappa shape index (κ3) is 3.50. The molecule has 0 radical (unpaired) electrons. The van der Waals surface area contributed by atoms with Crippen LogP contribution in [0.3, 0.4) is 0 Å². The van der Waals surface area contributed by atoms with Crippen molar-refractivity contribution in [3.8, 4) is 0 Å². The number of rotatable bonds is 1. The summed E-state index contributed by atoms with van der Waals surface area (Å²) in [7, 11) is 3.17. The number of hydrogen-bond donors (Lipinski definition) is 0. The highest BCUT2D eigenvalue weighted by atomic mass is 16.2. The number of amides is 2. The van der Waals surface area contributed by atoms with E-state index >= 15 is 0 Å². The van der Waals surface area contributed by atoms with E-state index in [1.165, 1.54) is 18.7 Å². The van der Waals surface area contributed by atoms with E-state index in [1.807, 2.05) is 0 Å². The molecule has 0 saturated carbocycles. The molecule has 0 aliphatic heterocycles. The fourth-order valence-corrected chi connectivity index (χ4v) is 0.322. The van der Waals surface area contributed by atoms with Crippen LogP contribution < -0.4 is 0 Å². The molecule has 0 heterocycles. The molecule has 0 unspecified atom stereocenters. The van der Waals surface area contributed by atoms with Crippen molar-refractivity contribution >= 4 is 17.5 Å². The van der Waals surface area contributed by atoms with E-state index in [1.54, 1.807) is 14.1 Å². The van der Waals surface area contributed by atoms with E-state index in [0.717, 1.165) is 0 Å². The van der Waals surface area contributed by atoms with Gasteiger partial charge in [0, 0.05) is 21.0 Å². The molecule has 0 aliphatic carbocycles. The van der Waals surface area contributed by atoms with Crippen LogP contribution in [0, 0.1) is 0 Å². The molecule has 11 heavy (non-hydrogen) atoms. The number of hydrogen-bond acceptors (Lipinski definition) is 2. The molecule has 4 heteroatoms. The van der Waals surface area contributed by atoms with Crippen molar-refractivity contribution in [2.45, 2.75) is 13.8 Å². The van der Waals surface area contributed by atoms with Gasteiger partial charge in [0.25, 0.3) is 0 Å². The topological polar surface area (TPSA) is 49.7 Å². The van der Waals surface area contributed by atoms with Crippen molar-refractivity contribution in [1.29, 1.82) is 0 Å². The number of aliphatic imine (C=N–C) groups is 1. The lowest BCUT2D eigenvalue weighted by molar-refractivity contribution is -0.111. The van der Waals surface area contributed by atoms with Crippen LogP contribution >= 0.6 is 0 Å². The summed E-state index contributed by atoms with van der Waals surface area (Å²) in [5, 5.41) is 0. The summed E-state index contributed by atoms with van der Waals surface area (Å²) in [5.74, 6) is -0.180. The van der Waals surface area contributed by atoms with Gasteiger partial charge < -0.3 is 4.90 Å². The third-order valence-electron chi connectivity index (χ3n) is 1.16. The van der Waals surface area contributed by atoms with Gasteiger partial charge in [-0.15, -0.1) is 0 Å². The predicted octanol–water partition coefficient (Wildman–Crippen LogP) is 0.718. The molecule has 0 bridgehead atoms. The molecule has 0 atom stereocenters. The van der Waals surface area contributed by atoms with Crippen molar-refractivity contribution in [2.75, 3.05) is 14.1 Å². The highest BCUT2D eigenvalue weighted by molar-refractivity contribution is 6.39.